The number of carbonyl (C=O) groups is 2. The first kappa shape index (κ1) is 19.0. The average Bonchev–Trinajstić information content (AvgIpc) is 2.93. The number of fused-ring (bicyclic) bond motifs is 2. The van der Waals surface area contributed by atoms with Crippen LogP contribution in [0.2, 0.25) is 0 Å². The fourth-order valence-corrected chi connectivity index (χ4v) is 4.11. The van der Waals surface area contributed by atoms with Crippen molar-refractivity contribution in [3.8, 4) is 5.75 Å². The molecule has 0 aliphatic carbocycles. The molecule has 0 bridgehead atoms. The second-order valence-corrected chi connectivity index (χ2v) is 7.47. The van der Waals surface area contributed by atoms with E-state index < -0.39 is 6.04 Å². The summed E-state index contributed by atoms with van der Waals surface area (Å²) in [4.78, 5) is 26.5. The van der Waals surface area contributed by atoms with Crippen molar-refractivity contribution in [1.29, 1.82) is 0 Å². The van der Waals surface area contributed by atoms with Crippen molar-refractivity contribution in [3.63, 3.8) is 0 Å². The summed E-state index contributed by atoms with van der Waals surface area (Å²) in [5.74, 6) is 0.460. The lowest BCUT2D eigenvalue weighted by Crippen LogP contribution is -2.38. The first-order valence-electron chi connectivity index (χ1n) is 9.76. The molecule has 1 atom stereocenters. The number of carbonyl (C=O) groups excluding carboxylic acids is 2. The molecule has 148 valence electrons. The molecule has 1 aliphatic heterocycles. The van der Waals surface area contributed by atoms with Crippen molar-refractivity contribution in [3.05, 3.63) is 71.3 Å². The van der Waals surface area contributed by atoms with Crippen LogP contribution in [0.25, 0.3) is 10.8 Å². The van der Waals surface area contributed by atoms with E-state index in [1.165, 1.54) is 6.92 Å². The summed E-state index contributed by atoms with van der Waals surface area (Å²) < 4.78 is 6.04. The minimum Gasteiger partial charge on any atom is -0.491 e. The highest BCUT2D eigenvalue weighted by molar-refractivity contribution is 6.07. The normalized spacial score (nSPS) is 15.5. The Bertz CT molecular complexity index is 1100. The van der Waals surface area contributed by atoms with Crippen molar-refractivity contribution in [2.24, 2.45) is 0 Å². The number of amides is 2. The monoisotopic (exact) mass is 388 g/mol. The second-order valence-electron chi connectivity index (χ2n) is 7.47. The Morgan fingerprint density at radius 3 is 2.66 bits per heavy atom. The van der Waals surface area contributed by atoms with E-state index >= 15 is 0 Å². The highest BCUT2D eigenvalue weighted by Crippen LogP contribution is 2.39. The van der Waals surface area contributed by atoms with E-state index in [1.807, 2.05) is 62.4 Å². The van der Waals surface area contributed by atoms with E-state index in [2.05, 4.69) is 11.4 Å². The third-order valence-corrected chi connectivity index (χ3v) is 5.24. The maximum absolute atomic E-state index is 13.1. The third-order valence-electron chi connectivity index (χ3n) is 5.24. The van der Waals surface area contributed by atoms with Gasteiger partial charge in [-0.05, 0) is 30.9 Å². The van der Waals surface area contributed by atoms with Gasteiger partial charge in [-0.1, -0.05) is 54.1 Å². The van der Waals surface area contributed by atoms with Crippen LogP contribution in [0.4, 0.5) is 5.69 Å². The Morgan fingerprint density at radius 1 is 1.10 bits per heavy atom. The van der Waals surface area contributed by atoms with Crippen molar-refractivity contribution < 1.29 is 14.3 Å². The van der Waals surface area contributed by atoms with E-state index in [4.69, 9.17) is 4.74 Å². The lowest BCUT2D eigenvalue weighted by Gasteiger charge is -2.20. The van der Waals surface area contributed by atoms with Crippen molar-refractivity contribution in [1.82, 2.24) is 5.32 Å². The SMILES string of the molecule is CC(=O)N[C@@H]1C(=O)N(CCOc2cccc3ccccc23)c2c(C)cc(C)cc21. The summed E-state index contributed by atoms with van der Waals surface area (Å²) in [6, 6.07) is 17.4. The first-order valence-corrected chi connectivity index (χ1v) is 9.76. The Morgan fingerprint density at radius 2 is 1.86 bits per heavy atom. The van der Waals surface area contributed by atoms with Crippen LogP contribution in [-0.4, -0.2) is 25.0 Å². The average molecular weight is 388 g/mol. The van der Waals surface area contributed by atoms with E-state index in [0.717, 1.165) is 38.9 Å². The molecule has 29 heavy (non-hydrogen) atoms. The van der Waals surface area contributed by atoms with Crippen LogP contribution in [-0.2, 0) is 9.59 Å². The van der Waals surface area contributed by atoms with Gasteiger partial charge >= 0.3 is 0 Å². The molecular formula is C24H24N2O3. The van der Waals surface area contributed by atoms with Gasteiger partial charge in [0.15, 0.2) is 0 Å². The zero-order valence-corrected chi connectivity index (χ0v) is 16.9. The molecule has 4 rings (SSSR count). The summed E-state index contributed by atoms with van der Waals surface area (Å²) in [6.45, 7) is 6.19. The molecule has 0 aromatic heterocycles. The van der Waals surface area contributed by atoms with Gasteiger partial charge in [0.25, 0.3) is 5.91 Å². The van der Waals surface area contributed by atoms with E-state index in [0.29, 0.717) is 13.2 Å². The largest absolute Gasteiger partial charge is 0.491 e. The molecule has 1 aliphatic rings. The Balaban J connectivity index is 1.57. The van der Waals surface area contributed by atoms with Crippen LogP contribution in [0.5, 0.6) is 5.75 Å². The zero-order valence-electron chi connectivity index (χ0n) is 16.9. The van der Waals surface area contributed by atoms with Crippen LogP contribution in [0, 0.1) is 13.8 Å². The fraction of sp³-hybridized carbons (Fsp3) is 0.250. The van der Waals surface area contributed by atoms with Gasteiger partial charge in [0.2, 0.25) is 5.91 Å². The topological polar surface area (TPSA) is 58.6 Å². The number of hydrogen-bond acceptors (Lipinski definition) is 3. The molecule has 0 radical (unpaired) electrons. The molecule has 0 saturated heterocycles. The number of nitrogens with one attached hydrogen (secondary N) is 1. The van der Waals surface area contributed by atoms with Gasteiger partial charge in [-0.15, -0.1) is 0 Å². The predicted molar refractivity (Wildman–Crippen MR) is 114 cm³/mol. The fourth-order valence-electron chi connectivity index (χ4n) is 4.11. The van der Waals surface area contributed by atoms with Crippen LogP contribution in [0.1, 0.15) is 29.7 Å². The van der Waals surface area contributed by atoms with Gasteiger partial charge in [-0.25, -0.2) is 0 Å². The molecule has 5 heteroatoms. The number of ether oxygens (including phenoxy) is 1. The third kappa shape index (κ3) is 3.56. The standard InChI is InChI=1S/C24H24N2O3/c1-15-13-16(2)23-20(14-15)22(25-17(3)27)24(28)26(23)11-12-29-21-10-6-8-18-7-4-5-9-19(18)21/h4-10,13-14,22H,11-12H2,1-3H3,(H,25,27)/t22-/m0/s1. The number of aryl methyl sites for hydroxylation is 2. The van der Waals surface area contributed by atoms with Gasteiger partial charge in [-0.2, -0.15) is 0 Å². The minimum atomic E-state index is -0.640. The predicted octanol–water partition coefficient (Wildman–Crippen LogP) is 4.06. The first-order chi connectivity index (χ1) is 14.0. The highest BCUT2D eigenvalue weighted by atomic mass is 16.5. The molecular weight excluding hydrogens is 364 g/mol. The maximum atomic E-state index is 13.1. The van der Waals surface area contributed by atoms with E-state index in [-0.39, 0.29) is 11.8 Å². The smallest absolute Gasteiger partial charge is 0.254 e. The lowest BCUT2D eigenvalue weighted by molar-refractivity contribution is -0.126. The minimum absolute atomic E-state index is 0.120. The molecule has 0 spiro atoms. The second kappa shape index (κ2) is 7.59. The molecule has 0 saturated carbocycles. The number of hydrogen-bond donors (Lipinski definition) is 1. The van der Waals surface area contributed by atoms with E-state index in [1.54, 1.807) is 4.90 Å². The van der Waals surface area contributed by atoms with Gasteiger partial charge in [-0.3, -0.25) is 9.59 Å². The summed E-state index contributed by atoms with van der Waals surface area (Å²) in [5, 5.41) is 4.96. The van der Waals surface area contributed by atoms with Crippen molar-refractivity contribution in [2.45, 2.75) is 26.8 Å². The van der Waals surface area contributed by atoms with Crippen molar-refractivity contribution >= 4 is 28.3 Å². The lowest BCUT2D eigenvalue weighted by atomic mass is 10.0. The Labute approximate surface area is 170 Å². The quantitative estimate of drug-likeness (QED) is 0.717. The van der Waals surface area contributed by atoms with Crippen LogP contribution >= 0.6 is 0 Å². The Hall–Kier alpha value is -3.34. The van der Waals surface area contributed by atoms with Crippen LogP contribution in [0.3, 0.4) is 0 Å². The molecule has 0 fully saturated rings. The zero-order chi connectivity index (χ0) is 20.5. The molecule has 3 aromatic rings. The summed E-state index contributed by atoms with van der Waals surface area (Å²) in [6.07, 6.45) is 0. The summed E-state index contributed by atoms with van der Waals surface area (Å²) >= 11 is 0. The van der Waals surface area contributed by atoms with Gasteiger partial charge < -0.3 is 15.0 Å². The number of benzene rings is 3. The van der Waals surface area contributed by atoms with Crippen LogP contribution in [0.15, 0.2) is 54.6 Å². The molecule has 3 aromatic carbocycles. The van der Waals surface area contributed by atoms with Gasteiger partial charge in [0.05, 0.1) is 12.2 Å². The van der Waals surface area contributed by atoms with Crippen molar-refractivity contribution in [2.75, 3.05) is 18.1 Å². The number of anilines is 1. The number of rotatable bonds is 5. The van der Waals surface area contributed by atoms with Crippen LogP contribution < -0.4 is 15.0 Å². The number of nitrogens with zero attached hydrogens (tertiary/aromatic N) is 1. The van der Waals surface area contributed by atoms with E-state index in [9.17, 15) is 9.59 Å². The molecule has 1 N–H and O–H groups in total. The highest BCUT2D eigenvalue weighted by Gasteiger charge is 2.38. The molecule has 5 nitrogen and oxygen atoms in total. The maximum Gasteiger partial charge on any atom is 0.254 e. The molecule has 1 heterocycles. The Kier molecular flexibility index (Phi) is 4.97. The summed E-state index contributed by atoms with van der Waals surface area (Å²) in [5.41, 5.74) is 3.82. The molecule has 0 unspecified atom stereocenters. The van der Waals surface area contributed by atoms with Gasteiger partial charge in [0.1, 0.15) is 18.4 Å². The molecule has 2 amide bonds. The van der Waals surface area contributed by atoms with Gasteiger partial charge in [0, 0.05) is 17.9 Å². The summed E-state index contributed by atoms with van der Waals surface area (Å²) in [7, 11) is 0.